The van der Waals surface area contributed by atoms with E-state index in [4.69, 9.17) is 6.42 Å². The summed E-state index contributed by atoms with van der Waals surface area (Å²) in [6.07, 6.45) is 21.3. The third kappa shape index (κ3) is 0.190. The summed E-state index contributed by atoms with van der Waals surface area (Å²) in [4.78, 5) is 13.9. The fourth-order valence-corrected chi connectivity index (χ4v) is 94.6. The zero-order valence-electron chi connectivity index (χ0n) is 14.9. The van der Waals surface area contributed by atoms with Crippen LogP contribution in [-0.4, -0.2) is 0 Å². The molecule has 4 atom stereocenters. The van der Waals surface area contributed by atoms with Gasteiger partial charge < -0.3 is 0 Å². The zero-order valence-corrected chi connectivity index (χ0v) is 16.0. The number of hydrogen-bond acceptors (Lipinski definition) is 0. The first kappa shape index (κ1) is 11.7. The van der Waals surface area contributed by atoms with Crippen LogP contribution in [0, 0.1) is 12.3 Å². The third-order valence-electron chi connectivity index (χ3n) is 17.9. The molecular formula is C23H32Fe. The van der Waals surface area contributed by atoms with Gasteiger partial charge in [0.25, 0.3) is 0 Å². The SMILES string of the molecule is C#CCCCCCCCCCCC[C]12[CH]3[CH]4[CH]5[CH]1[Fe]45321678[CH]2[CH]1[CH]6[CH]7[CH]28. The van der Waals surface area contributed by atoms with Gasteiger partial charge in [0.1, 0.15) is 0 Å². The maximum absolute atomic E-state index is 5.30. The van der Waals surface area contributed by atoms with Crippen LogP contribution in [0.15, 0.2) is 0 Å². The topological polar surface area (TPSA) is 0 Å². The van der Waals surface area contributed by atoms with Crippen molar-refractivity contribution in [2.45, 2.75) is 118 Å². The minimum atomic E-state index is -2.68. The van der Waals surface area contributed by atoms with Gasteiger partial charge in [-0.15, -0.1) is 12.3 Å². The van der Waals surface area contributed by atoms with Gasteiger partial charge in [-0.25, -0.2) is 0 Å². The van der Waals surface area contributed by atoms with Crippen LogP contribution >= 0.6 is 0 Å². The molecule has 0 radical (unpaired) electrons. The zero-order chi connectivity index (χ0) is 15.5. The molecule has 10 fully saturated rings. The predicted octanol–water partition coefficient (Wildman–Crippen LogP) is 7.67. The molecule has 0 nitrogen and oxygen atoms in total. The van der Waals surface area contributed by atoms with E-state index < -0.39 is 6.51 Å². The Morgan fingerprint density at radius 3 is 1.46 bits per heavy atom. The fraction of sp³-hybridized carbons (Fsp3) is 0.913. The van der Waals surface area contributed by atoms with Crippen molar-refractivity contribution in [3.63, 3.8) is 0 Å². The van der Waals surface area contributed by atoms with Crippen LogP contribution in [0.25, 0.3) is 0 Å². The summed E-state index contributed by atoms with van der Waals surface area (Å²) in [6, 6.07) is 0. The normalized spacial score (nSPS) is 87.5. The first-order valence-electron chi connectivity index (χ1n) is 11.3. The molecule has 1 spiro atoms. The molecule has 0 aromatic heterocycles. The van der Waals surface area contributed by atoms with Crippen LogP contribution in [-0.2, 0) is 6.51 Å². The van der Waals surface area contributed by atoms with Crippen molar-refractivity contribution in [2.24, 2.45) is 0 Å². The summed E-state index contributed by atoms with van der Waals surface area (Å²) in [5.74, 6) is 2.76. The molecule has 10 aliphatic rings. The Bertz CT molecular complexity index is 1010. The van der Waals surface area contributed by atoms with Crippen LogP contribution in [0.5, 0.6) is 0 Å². The van der Waals surface area contributed by atoms with Crippen molar-refractivity contribution in [2.75, 3.05) is 0 Å². The molecule has 0 N–H and O–H groups in total. The Labute approximate surface area is 137 Å². The molecule has 132 valence electrons. The molecule has 0 aromatic carbocycles. The summed E-state index contributed by atoms with van der Waals surface area (Å²) in [5, 5.41) is 0. The van der Waals surface area contributed by atoms with E-state index in [2.05, 4.69) is 5.92 Å². The standard InChI is InChI=1S/C18H27.C5H5.Fe/c1-2-3-4-5-6-7-8-9-10-11-12-15-18-16-13-14-17-18;1-2-4-5-3-1;/h1,13-14,16-17H,3-12,15H2;1-5H;. The third-order valence-corrected chi connectivity index (χ3v) is 60.9. The molecule has 10 rings (SSSR count). The van der Waals surface area contributed by atoms with E-state index in [9.17, 15) is 0 Å². The van der Waals surface area contributed by atoms with Crippen molar-refractivity contribution in [3.05, 3.63) is 0 Å². The van der Waals surface area contributed by atoms with Gasteiger partial charge in [-0.1, -0.05) is 0 Å². The number of terminal acetylenes is 1. The van der Waals surface area contributed by atoms with Gasteiger partial charge in [0.15, 0.2) is 0 Å². The quantitative estimate of drug-likeness (QED) is 0.200. The van der Waals surface area contributed by atoms with Gasteiger partial charge in [-0.3, -0.25) is 0 Å². The molecule has 1 heteroatoms. The molecule has 24 heavy (non-hydrogen) atoms. The van der Waals surface area contributed by atoms with Gasteiger partial charge >= 0.3 is 125 Å². The summed E-state index contributed by atoms with van der Waals surface area (Å²) in [7, 11) is 0. The van der Waals surface area contributed by atoms with E-state index in [-0.39, 0.29) is 0 Å². The molecule has 0 aromatic rings. The second-order valence-corrected chi connectivity index (χ2v) is 37.4. The molecule has 0 aliphatic carbocycles. The first-order valence-corrected chi connectivity index (χ1v) is 17.5. The van der Waals surface area contributed by atoms with Crippen molar-refractivity contribution in [1.29, 1.82) is 0 Å². The predicted molar refractivity (Wildman–Crippen MR) is 96.1 cm³/mol. The molecule has 10 heterocycles. The number of hydrogen-bond donors (Lipinski definition) is 0. The van der Waals surface area contributed by atoms with E-state index >= 15 is 0 Å². The minimum absolute atomic E-state index is 0.989. The van der Waals surface area contributed by atoms with Crippen LogP contribution < -0.4 is 0 Å². The van der Waals surface area contributed by atoms with Crippen molar-refractivity contribution in [1.82, 2.24) is 0 Å². The Morgan fingerprint density at radius 2 is 1.08 bits per heavy atom. The van der Waals surface area contributed by atoms with Gasteiger partial charge in [0.05, 0.1) is 0 Å². The van der Waals surface area contributed by atoms with Crippen molar-refractivity contribution < 1.29 is 6.51 Å². The Balaban J connectivity index is 0.774. The summed E-state index contributed by atoms with van der Waals surface area (Å²) >= 11 is 0. The summed E-state index contributed by atoms with van der Waals surface area (Å²) in [5.41, 5.74) is 0. The van der Waals surface area contributed by atoms with Crippen LogP contribution in [0.4, 0.5) is 0 Å². The van der Waals surface area contributed by atoms with E-state index in [1.165, 1.54) is 49.3 Å². The van der Waals surface area contributed by atoms with Crippen LogP contribution in [0.2, 0.25) is 47.7 Å². The fourth-order valence-electron chi connectivity index (χ4n) is 19.2. The Hall–Kier alpha value is 0.0795. The van der Waals surface area contributed by atoms with Crippen LogP contribution in [0.3, 0.4) is 0 Å². The van der Waals surface area contributed by atoms with Gasteiger partial charge in [-0.2, -0.15) is 0 Å². The Kier molecular flexibility index (Phi) is 0.677. The van der Waals surface area contributed by atoms with Crippen molar-refractivity contribution in [3.8, 4) is 12.3 Å². The number of unbranched alkanes of at least 4 members (excludes halogenated alkanes) is 9. The number of rotatable bonds is 11. The average molecular weight is 364 g/mol. The summed E-state index contributed by atoms with van der Waals surface area (Å²) in [6.45, 7) is -2.68. The van der Waals surface area contributed by atoms with E-state index in [0.29, 0.717) is 0 Å². The van der Waals surface area contributed by atoms with E-state index in [1.807, 2.05) is 0 Å². The van der Waals surface area contributed by atoms with Crippen molar-refractivity contribution >= 4 is 0 Å². The summed E-state index contributed by atoms with van der Waals surface area (Å²) < 4.78 is 1.22. The molecule has 10 aliphatic heterocycles. The van der Waals surface area contributed by atoms with Gasteiger partial charge in [0.2, 0.25) is 0 Å². The molecule has 10 saturated heterocycles. The van der Waals surface area contributed by atoms with Gasteiger partial charge in [-0.05, 0) is 0 Å². The van der Waals surface area contributed by atoms with Crippen LogP contribution in [0.1, 0.15) is 70.6 Å². The van der Waals surface area contributed by atoms with E-state index in [1.54, 1.807) is 62.6 Å². The molecule has 0 amide bonds. The molecule has 0 bridgehead atoms. The molecule has 4 unspecified atom stereocenters. The monoisotopic (exact) mass is 364 g/mol. The first-order chi connectivity index (χ1) is 11.6. The second kappa shape index (κ2) is 1.39. The second-order valence-electron chi connectivity index (χ2n) is 13.7. The van der Waals surface area contributed by atoms with E-state index in [0.717, 1.165) is 6.42 Å². The average Bonchev–Trinajstić information content (AvgIpc) is 3.53. The Morgan fingerprint density at radius 1 is 0.625 bits per heavy atom. The molecular weight excluding hydrogens is 332 g/mol. The van der Waals surface area contributed by atoms with Gasteiger partial charge in [0, 0.05) is 0 Å². The maximum atomic E-state index is 5.30. The number of fused-ring (bicyclic) bond motifs is 10. The molecule has 0 saturated carbocycles.